The highest BCUT2D eigenvalue weighted by Gasteiger charge is 2.07. The molecule has 0 aliphatic carbocycles. The second kappa shape index (κ2) is 45.4. The van der Waals surface area contributed by atoms with Gasteiger partial charge in [0.15, 0.2) is 0 Å². The number of aliphatic hydroxyl groups is 1. The van der Waals surface area contributed by atoms with E-state index in [1.807, 2.05) is 0 Å². The lowest BCUT2D eigenvalue weighted by Gasteiger charge is -2.22. The first kappa shape index (κ1) is 55.3. The number of nitrogens with zero attached hydrogens (tertiary/aromatic N) is 1. The number of unbranched alkanes of at least 4 members (excludes halogenated alkanes) is 24. The summed E-state index contributed by atoms with van der Waals surface area (Å²) < 4.78 is 11.1. The molecule has 6 heteroatoms. The van der Waals surface area contributed by atoms with Crippen molar-refractivity contribution in [1.29, 1.82) is 0 Å². The first-order chi connectivity index (χ1) is 28.0. The standard InChI is InChI=1S/C51H97NO5/c1-5-9-11-13-15-17-23-29-38-48(36-7-3)46-50(54)56-44-33-27-21-19-25-31-40-52(42-35-43-53)41-32-26-20-22-28-34-45-57-51(55)47-49(37-8-4)39-30-24-18-16-14-12-10-6-2/h46-47,53H,5-45H2,1-4H3/b48-46+,49-47?. The van der Waals surface area contributed by atoms with Crippen LogP contribution >= 0.6 is 0 Å². The average Bonchev–Trinajstić information content (AvgIpc) is 3.20. The highest BCUT2D eigenvalue weighted by molar-refractivity contribution is 5.83. The molecule has 0 aromatic heterocycles. The summed E-state index contributed by atoms with van der Waals surface area (Å²) in [6.07, 6.45) is 45.6. The van der Waals surface area contributed by atoms with Gasteiger partial charge in [-0.3, -0.25) is 0 Å². The third-order valence-electron chi connectivity index (χ3n) is 11.3. The molecule has 0 aromatic carbocycles. The van der Waals surface area contributed by atoms with Gasteiger partial charge in [0, 0.05) is 25.3 Å². The van der Waals surface area contributed by atoms with Crippen LogP contribution in [-0.2, 0) is 19.1 Å². The van der Waals surface area contributed by atoms with E-state index in [9.17, 15) is 14.7 Å². The zero-order valence-electron chi connectivity index (χ0n) is 38.7. The number of carbonyl (C=O) groups is 2. The van der Waals surface area contributed by atoms with Crippen LogP contribution in [0.2, 0.25) is 0 Å². The molecule has 0 fully saturated rings. The fraction of sp³-hybridized carbons (Fsp3) is 0.882. The molecule has 0 aromatic rings. The summed E-state index contributed by atoms with van der Waals surface area (Å²) in [6.45, 7) is 13.4. The van der Waals surface area contributed by atoms with Gasteiger partial charge in [0.05, 0.1) is 13.2 Å². The van der Waals surface area contributed by atoms with Gasteiger partial charge in [0.25, 0.3) is 0 Å². The van der Waals surface area contributed by atoms with Crippen molar-refractivity contribution in [2.24, 2.45) is 0 Å². The van der Waals surface area contributed by atoms with E-state index in [1.54, 1.807) is 12.2 Å². The van der Waals surface area contributed by atoms with Gasteiger partial charge < -0.3 is 19.5 Å². The van der Waals surface area contributed by atoms with Crippen LogP contribution in [0.15, 0.2) is 23.3 Å². The Morgan fingerprint density at radius 3 is 1.05 bits per heavy atom. The number of rotatable bonds is 45. The van der Waals surface area contributed by atoms with E-state index < -0.39 is 0 Å². The van der Waals surface area contributed by atoms with Gasteiger partial charge in [-0.25, -0.2) is 9.59 Å². The van der Waals surface area contributed by atoms with Crippen LogP contribution in [0.25, 0.3) is 0 Å². The molecule has 0 bridgehead atoms. The fourth-order valence-corrected chi connectivity index (χ4v) is 7.83. The molecule has 0 unspecified atom stereocenters. The van der Waals surface area contributed by atoms with Crippen LogP contribution in [0.1, 0.15) is 252 Å². The molecule has 0 heterocycles. The van der Waals surface area contributed by atoms with Crippen molar-refractivity contribution < 1.29 is 24.2 Å². The Hall–Kier alpha value is -1.66. The summed E-state index contributed by atoms with van der Waals surface area (Å²) in [5, 5.41) is 9.41. The van der Waals surface area contributed by atoms with Crippen LogP contribution < -0.4 is 0 Å². The summed E-state index contributed by atoms with van der Waals surface area (Å²) in [7, 11) is 0. The maximum atomic E-state index is 12.4. The summed E-state index contributed by atoms with van der Waals surface area (Å²) in [5.41, 5.74) is 2.53. The minimum atomic E-state index is -0.146. The molecule has 0 saturated heterocycles. The van der Waals surface area contributed by atoms with Crippen LogP contribution in [-0.4, -0.2) is 61.4 Å². The first-order valence-corrected chi connectivity index (χ1v) is 25.1. The quantitative estimate of drug-likeness (QED) is 0.0375. The number of esters is 2. The number of ether oxygens (including phenoxy) is 2. The monoisotopic (exact) mass is 804 g/mol. The van der Waals surface area contributed by atoms with Gasteiger partial charge >= 0.3 is 11.9 Å². The van der Waals surface area contributed by atoms with E-state index in [4.69, 9.17) is 9.47 Å². The topological polar surface area (TPSA) is 76.1 Å². The Bertz CT molecular complexity index is 861. The van der Waals surface area contributed by atoms with Gasteiger partial charge in [0.2, 0.25) is 0 Å². The van der Waals surface area contributed by atoms with E-state index in [-0.39, 0.29) is 18.5 Å². The molecule has 0 rings (SSSR count). The Kier molecular flexibility index (Phi) is 44.1. The highest BCUT2D eigenvalue weighted by Crippen LogP contribution is 2.19. The van der Waals surface area contributed by atoms with Crippen molar-refractivity contribution in [1.82, 2.24) is 4.90 Å². The SMILES string of the molecule is CCCCCCCCCCC(=CC(=O)OCCCCCCCCN(CCCO)CCCCCCCCOC(=O)/C=C(\CCC)CCCCCCCCCC)CCC. The minimum absolute atomic E-state index is 0.146. The molecule has 57 heavy (non-hydrogen) atoms. The summed E-state index contributed by atoms with van der Waals surface area (Å²) in [4.78, 5) is 27.4. The molecule has 336 valence electrons. The molecule has 0 aliphatic heterocycles. The number of aliphatic hydroxyl groups excluding tert-OH is 1. The first-order valence-electron chi connectivity index (χ1n) is 25.1. The van der Waals surface area contributed by atoms with Crippen molar-refractivity contribution in [2.75, 3.05) is 39.5 Å². The Morgan fingerprint density at radius 1 is 0.386 bits per heavy atom. The van der Waals surface area contributed by atoms with Crippen molar-refractivity contribution in [3.63, 3.8) is 0 Å². The predicted octanol–water partition coefficient (Wildman–Crippen LogP) is 15.0. The highest BCUT2D eigenvalue weighted by atomic mass is 16.5. The van der Waals surface area contributed by atoms with Crippen LogP contribution in [0.4, 0.5) is 0 Å². The molecule has 6 nitrogen and oxygen atoms in total. The molecule has 0 spiro atoms. The second-order valence-corrected chi connectivity index (χ2v) is 17.1. The molecule has 0 amide bonds. The zero-order valence-corrected chi connectivity index (χ0v) is 38.7. The number of hydrogen-bond donors (Lipinski definition) is 1. The predicted molar refractivity (Wildman–Crippen MR) is 246 cm³/mol. The van der Waals surface area contributed by atoms with Crippen LogP contribution in [0.5, 0.6) is 0 Å². The lowest BCUT2D eigenvalue weighted by atomic mass is 10.0. The normalized spacial score (nSPS) is 12.2. The van der Waals surface area contributed by atoms with Crippen molar-refractivity contribution in [3.05, 3.63) is 23.3 Å². The number of allylic oxidation sites excluding steroid dienone is 2. The van der Waals surface area contributed by atoms with E-state index >= 15 is 0 Å². The number of hydrogen-bond acceptors (Lipinski definition) is 6. The molecule has 1 N–H and O–H groups in total. The maximum absolute atomic E-state index is 12.4. The van der Waals surface area contributed by atoms with Crippen LogP contribution in [0, 0.1) is 0 Å². The molecule has 0 saturated carbocycles. The van der Waals surface area contributed by atoms with E-state index in [1.165, 1.54) is 165 Å². The minimum Gasteiger partial charge on any atom is -0.463 e. The van der Waals surface area contributed by atoms with Gasteiger partial charge in [-0.05, 0) is 83.7 Å². The largest absolute Gasteiger partial charge is 0.463 e. The van der Waals surface area contributed by atoms with Crippen molar-refractivity contribution >= 4 is 11.9 Å². The molecule has 0 radical (unpaired) electrons. The maximum Gasteiger partial charge on any atom is 0.330 e. The number of carbonyl (C=O) groups excluding carboxylic acids is 2. The Morgan fingerprint density at radius 2 is 0.702 bits per heavy atom. The average molecular weight is 804 g/mol. The molecular formula is C51H97NO5. The van der Waals surface area contributed by atoms with E-state index in [2.05, 4.69) is 32.6 Å². The van der Waals surface area contributed by atoms with Gasteiger partial charge in [-0.1, -0.05) is 193 Å². The lowest BCUT2D eigenvalue weighted by Crippen LogP contribution is -2.27. The second-order valence-electron chi connectivity index (χ2n) is 17.1. The zero-order chi connectivity index (χ0) is 41.7. The molecule has 0 atom stereocenters. The van der Waals surface area contributed by atoms with Gasteiger partial charge in [-0.15, -0.1) is 0 Å². The van der Waals surface area contributed by atoms with E-state index in [0.717, 1.165) is 90.3 Å². The van der Waals surface area contributed by atoms with Crippen molar-refractivity contribution in [2.45, 2.75) is 252 Å². The van der Waals surface area contributed by atoms with Gasteiger partial charge in [-0.2, -0.15) is 0 Å². The summed E-state index contributed by atoms with van der Waals surface area (Å²) >= 11 is 0. The molecule has 0 aliphatic rings. The van der Waals surface area contributed by atoms with E-state index in [0.29, 0.717) is 13.2 Å². The lowest BCUT2D eigenvalue weighted by molar-refractivity contribution is -0.138. The molecular weight excluding hydrogens is 707 g/mol. The smallest absolute Gasteiger partial charge is 0.330 e. The Labute approximate surface area is 355 Å². The summed E-state index contributed by atoms with van der Waals surface area (Å²) in [5.74, 6) is -0.292. The Balaban J connectivity index is 3.99. The van der Waals surface area contributed by atoms with Gasteiger partial charge in [0.1, 0.15) is 0 Å². The third-order valence-corrected chi connectivity index (χ3v) is 11.3. The summed E-state index contributed by atoms with van der Waals surface area (Å²) in [6, 6.07) is 0. The van der Waals surface area contributed by atoms with Crippen molar-refractivity contribution in [3.8, 4) is 0 Å². The fourth-order valence-electron chi connectivity index (χ4n) is 7.83. The van der Waals surface area contributed by atoms with Crippen LogP contribution in [0.3, 0.4) is 0 Å². The third kappa shape index (κ3) is 40.9.